The Morgan fingerprint density at radius 3 is 2.93 bits per heavy atom. The molecule has 2 aromatic carbocycles. The Bertz CT molecular complexity index is 1210. The summed E-state index contributed by atoms with van der Waals surface area (Å²) in [6.07, 6.45) is 2.26. The highest BCUT2D eigenvalue weighted by Gasteiger charge is 2.29. The Labute approximate surface area is 167 Å². The average Bonchev–Trinajstić information content (AvgIpc) is 3.31. The number of aromatic nitrogens is 1. The van der Waals surface area contributed by atoms with Gasteiger partial charge in [0, 0.05) is 18.0 Å². The van der Waals surface area contributed by atoms with E-state index in [9.17, 15) is 4.79 Å². The summed E-state index contributed by atoms with van der Waals surface area (Å²) < 4.78 is 6.78. The van der Waals surface area contributed by atoms with Crippen molar-refractivity contribution in [2.75, 3.05) is 6.54 Å². The maximum atomic E-state index is 12.2. The minimum atomic E-state index is -0.271. The van der Waals surface area contributed by atoms with Crippen LogP contribution >= 0.6 is 11.3 Å². The summed E-state index contributed by atoms with van der Waals surface area (Å²) in [5.41, 5.74) is 4.75. The SMILES string of the molecule is Cc1ccc2c(CN3CCC[C@@H]3c3nc4ccccc4s3)cc(=O)oc2c1C. The molecule has 5 heteroatoms. The molecule has 1 fully saturated rings. The molecule has 28 heavy (non-hydrogen) atoms. The summed E-state index contributed by atoms with van der Waals surface area (Å²) in [7, 11) is 0. The molecule has 0 aliphatic carbocycles. The standard InChI is InChI=1S/C23H22N2O2S/c1-14-9-10-17-16(12-21(26)27-22(17)15(14)2)13-25-11-5-7-19(25)23-24-18-6-3-4-8-20(18)28-23/h3-4,6,8-10,12,19H,5,7,11,13H2,1-2H3/t19-/m1/s1. The number of nitrogens with zero attached hydrogens (tertiary/aromatic N) is 2. The molecule has 1 aliphatic rings. The molecule has 0 radical (unpaired) electrons. The molecular formula is C23H22N2O2S. The van der Waals surface area contributed by atoms with Crippen LogP contribution in [-0.2, 0) is 6.54 Å². The van der Waals surface area contributed by atoms with Gasteiger partial charge in [-0.25, -0.2) is 9.78 Å². The molecule has 5 rings (SSSR count). The van der Waals surface area contributed by atoms with Gasteiger partial charge in [0.2, 0.25) is 0 Å². The lowest BCUT2D eigenvalue weighted by molar-refractivity contribution is 0.248. The van der Waals surface area contributed by atoms with Crippen LogP contribution in [0.2, 0.25) is 0 Å². The fourth-order valence-corrected chi connectivity index (χ4v) is 5.34. The topological polar surface area (TPSA) is 46.3 Å². The highest BCUT2D eigenvalue weighted by atomic mass is 32.1. The number of benzene rings is 2. The molecule has 1 aliphatic heterocycles. The van der Waals surface area contributed by atoms with E-state index in [0.717, 1.165) is 59.1 Å². The van der Waals surface area contributed by atoms with Crippen molar-refractivity contribution in [1.82, 2.24) is 9.88 Å². The van der Waals surface area contributed by atoms with Crippen molar-refractivity contribution < 1.29 is 4.42 Å². The van der Waals surface area contributed by atoms with Crippen LogP contribution in [0.5, 0.6) is 0 Å². The van der Waals surface area contributed by atoms with Gasteiger partial charge in [0.25, 0.3) is 0 Å². The Balaban J connectivity index is 1.53. The molecule has 0 N–H and O–H groups in total. The van der Waals surface area contributed by atoms with E-state index in [2.05, 4.69) is 35.2 Å². The second-order valence-corrected chi connectivity index (χ2v) is 8.69. The fraction of sp³-hybridized carbons (Fsp3) is 0.304. The fourth-order valence-electron chi connectivity index (χ4n) is 4.20. The third-order valence-corrected chi connectivity index (χ3v) is 6.99. The normalized spacial score (nSPS) is 17.7. The average molecular weight is 391 g/mol. The lowest BCUT2D eigenvalue weighted by atomic mass is 10.0. The van der Waals surface area contributed by atoms with Crippen molar-refractivity contribution in [3.63, 3.8) is 0 Å². The molecule has 0 amide bonds. The molecule has 3 heterocycles. The molecule has 4 nitrogen and oxygen atoms in total. The summed E-state index contributed by atoms with van der Waals surface area (Å²) in [4.78, 5) is 19.6. The van der Waals surface area contributed by atoms with E-state index in [1.165, 1.54) is 9.71 Å². The number of fused-ring (bicyclic) bond motifs is 2. The van der Waals surface area contributed by atoms with E-state index in [1.54, 1.807) is 17.4 Å². The minimum absolute atomic E-state index is 0.271. The van der Waals surface area contributed by atoms with Gasteiger partial charge in [-0.15, -0.1) is 11.3 Å². The van der Waals surface area contributed by atoms with Crippen LogP contribution in [0.25, 0.3) is 21.2 Å². The zero-order valence-corrected chi connectivity index (χ0v) is 16.9. The van der Waals surface area contributed by atoms with Crippen molar-refractivity contribution in [2.45, 2.75) is 39.3 Å². The van der Waals surface area contributed by atoms with E-state index < -0.39 is 0 Å². The van der Waals surface area contributed by atoms with Gasteiger partial charge >= 0.3 is 5.63 Å². The number of aryl methyl sites for hydroxylation is 2. The molecule has 0 bridgehead atoms. The maximum absolute atomic E-state index is 12.2. The van der Waals surface area contributed by atoms with Crippen LogP contribution in [0.3, 0.4) is 0 Å². The quantitative estimate of drug-likeness (QED) is 0.442. The number of hydrogen-bond acceptors (Lipinski definition) is 5. The van der Waals surface area contributed by atoms with Crippen molar-refractivity contribution in [3.05, 3.63) is 74.6 Å². The summed E-state index contributed by atoms with van der Waals surface area (Å²) >= 11 is 1.79. The maximum Gasteiger partial charge on any atom is 0.336 e. The van der Waals surface area contributed by atoms with Gasteiger partial charge in [-0.2, -0.15) is 0 Å². The highest BCUT2D eigenvalue weighted by Crippen LogP contribution is 2.38. The lowest BCUT2D eigenvalue weighted by Crippen LogP contribution is -2.23. The lowest BCUT2D eigenvalue weighted by Gasteiger charge is -2.23. The van der Waals surface area contributed by atoms with Crippen LogP contribution < -0.4 is 5.63 Å². The smallest absolute Gasteiger partial charge is 0.336 e. The van der Waals surface area contributed by atoms with Crippen molar-refractivity contribution in [1.29, 1.82) is 0 Å². The summed E-state index contributed by atoms with van der Waals surface area (Å²) in [6.45, 7) is 5.83. The van der Waals surface area contributed by atoms with E-state index >= 15 is 0 Å². The number of hydrogen-bond donors (Lipinski definition) is 0. The third-order valence-electron chi connectivity index (χ3n) is 5.85. The van der Waals surface area contributed by atoms with Gasteiger partial charge in [-0.05, 0) is 62.1 Å². The first-order chi connectivity index (χ1) is 13.6. The largest absolute Gasteiger partial charge is 0.422 e. The van der Waals surface area contributed by atoms with E-state index in [0.29, 0.717) is 6.04 Å². The van der Waals surface area contributed by atoms with Crippen molar-refractivity contribution in [2.24, 2.45) is 0 Å². The molecule has 1 atom stereocenters. The van der Waals surface area contributed by atoms with E-state index in [1.807, 2.05) is 19.9 Å². The van der Waals surface area contributed by atoms with Gasteiger partial charge in [0.15, 0.2) is 0 Å². The monoisotopic (exact) mass is 390 g/mol. The third kappa shape index (κ3) is 2.95. The van der Waals surface area contributed by atoms with Crippen molar-refractivity contribution in [3.8, 4) is 0 Å². The molecule has 0 saturated carbocycles. The van der Waals surface area contributed by atoms with Crippen LogP contribution in [0.1, 0.15) is 40.6 Å². The van der Waals surface area contributed by atoms with Crippen LogP contribution in [0.15, 0.2) is 51.7 Å². The Hall–Kier alpha value is -2.50. The first-order valence-electron chi connectivity index (χ1n) is 9.72. The second-order valence-electron chi connectivity index (χ2n) is 7.62. The first-order valence-corrected chi connectivity index (χ1v) is 10.5. The summed E-state index contributed by atoms with van der Waals surface area (Å²) in [5, 5.41) is 2.22. The first kappa shape index (κ1) is 17.6. The van der Waals surface area contributed by atoms with Crippen LogP contribution in [-0.4, -0.2) is 16.4 Å². The van der Waals surface area contributed by atoms with Gasteiger partial charge < -0.3 is 4.42 Å². The number of thiazole rings is 1. The predicted molar refractivity (Wildman–Crippen MR) is 114 cm³/mol. The molecule has 0 unspecified atom stereocenters. The molecule has 2 aromatic heterocycles. The summed E-state index contributed by atoms with van der Waals surface area (Å²) in [6, 6.07) is 14.5. The Morgan fingerprint density at radius 1 is 1.21 bits per heavy atom. The van der Waals surface area contributed by atoms with Crippen LogP contribution in [0, 0.1) is 13.8 Å². The zero-order valence-electron chi connectivity index (χ0n) is 16.1. The van der Waals surface area contributed by atoms with Crippen molar-refractivity contribution >= 4 is 32.5 Å². The Kier molecular flexibility index (Phi) is 4.29. The Morgan fingerprint density at radius 2 is 2.07 bits per heavy atom. The van der Waals surface area contributed by atoms with Crippen LogP contribution in [0.4, 0.5) is 0 Å². The molecule has 4 aromatic rings. The molecule has 0 spiro atoms. The highest BCUT2D eigenvalue weighted by molar-refractivity contribution is 7.18. The van der Waals surface area contributed by atoms with Gasteiger partial charge in [0.05, 0.1) is 16.3 Å². The molecule has 1 saturated heterocycles. The van der Waals surface area contributed by atoms with Gasteiger partial charge in [-0.3, -0.25) is 4.90 Å². The van der Waals surface area contributed by atoms with E-state index in [4.69, 9.17) is 9.40 Å². The second kappa shape index (κ2) is 6.83. The number of para-hydroxylation sites is 1. The van der Waals surface area contributed by atoms with Gasteiger partial charge in [0.1, 0.15) is 10.6 Å². The predicted octanol–water partition coefficient (Wildman–Crippen LogP) is 5.36. The minimum Gasteiger partial charge on any atom is -0.422 e. The molecule has 142 valence electrons. The number of likely N-dealkylation sites (tertiary alicyclic amines) is 1. The number of rotatable bonds is 3. The summed E-state index contributed by atoms with van der Waals surface area (Å²) in [5.74, 6) is 0. The van der Waals surface area contributed by atoms with E-state index in [-0.39, 0.29) is 5.63 Å². The zero-order chi connectivity index (χ0) is 19.3. The molecular weight excluding hydrogens is 368 g/mol. The van der Waals surface area contributed by atoms with Gasteiger partial charge in [-0.1, -0.05) is 24.3 Å².